The lowest BCUT2D eigenvalue weighted by Crippen LogP contribution is -2.32. The molecule has 3 aromatic rings. The van der Waals surface area contributed by atoms with E-state index in [1.54, 1.807) is 12.1 Å². The molecule has 3 aromatic carbocycles. The van der Waals surface area contributed by atoms with Gasteiger partial charge in [-0.2, -0.15) is 0 Å². The standard InChI is InChI=1S/C25H21NO6/c27-22-14-15-23(28)26(22)32-25(29)20-12-7-13-21(30-16-18-8-3-1-4-9-18)24(20)31-17-19-10-5-2-6-11-19/h1-13H,14-17H2. The Bertz CT molecular complexity index is 1100. The largest absolute Gasteiger partial charge is 0.485 e. The van der Waals surface area contributed by atoms with E-state index in [1.807, 2.05) is 60.7 Å². The van der Waals surface area contributed by atoms with Crippen LogP contribution in [0.15, 0.2) is 78.9 Å². The fraction of sp³-hybridized carbons (Fsp3) is 0.160. The molecule has 0 aromatic heterocycles. The molecular weight excluding hydrogens is 410 g/mol. The van der Waals surface area contributed by atoms with Gasteiger partial charge in [-0.15, -0.1) is 5.06 Å². The molecule has 1 aliphatic rings. The second kappa shape index (κ2) is 9.78. The third kappa shape index (κ3) is 4.95. The fourth-order valence-electron chi connectivity index (χ4n) is 3.19. The molecule has 1 heterocycles. The summed E-state index contributed by atoms with van der Waals surface area (Å²) in [5.41, 5.74) is 1.90. The van der Waals surface area contributed by atoms with Crippen LogP contribution in [0.1, 0.15) is 34.3 Å². The number of hydrogen-bond acceptors (Lipinski definition) is 6. The summed E-state index contributed by atoms with van der Waals surface area (Å²) in [7, 11) is 0. The molecule has 0 aliphatic carbocycles. The van der Waals surface area contributed by atoms with Crippen molar-refractivity contribution in [3.05, 3.63) is 95.6 Å². The van der Waals surface area contributed by atoms with Gasteiger partial charge in [0.05, 0.1) is 0 Å². The number of carbonyl (C=O) groups is 3. The molecule has 7 nitrogen and oxygen atoms in total. The summed E-state index contributed by atoms with van der Waals surface area (Å²) in [6, 6.07) is 23.8. The van der Waals surface area contributed by atoms with E-state index in [0.29, 0.717) is 10.8 Å². The van der Waals surface area contributed by atoms with E-state index in [4.69, 9.17) is 14.3 Å². The molecule has 0 bridgehead atoms. The van der Waals surface area contributed by atoms with Crippen LogP contribution in [0, 0.1) is 0 Å². The summed E-state index contributed by atoms with van der Waals surface area (Å²) in [5, 5.41) is 0.515. The molecule has 0 saturated carbocycles. The van der Waals surface area contributed by atoms with Crippen molar-refractivity contribution in [2.24, 2.45) is 0 Å². The summed E-state index contributed by atoms with van der Waals surface area (Å²) in [4.78, 5) is 41.6. The van der Waals surface area contributed by atoms with Crippen molar-refractivity contribution in [3.63, 3.8) is 0 Å². The maximum absolute atomic E-state index is 12.8. The first-order valence-corrected chi connectivity index (χ1v) is 10.2. The first kappa shape index (κ1) is 21.1. The SMILES string of the molecule is O=C(ON1C(=O)CCC1=O)c1cccc(OCc2ccccc2)c1OCc1ccccc1. The molecule has 1 aliphatic heterocycles. The minimum Gasteiger partial charge on any atom is -0.485 e. The van der Waals surface area contributed by atoms with Crippen LogP contribution in [-0.2, 0) is 27.6 Å². The topological polar surface area (TPSA) is 82.1 Å². The van der Waals surface area contributed by atoms with Crippen molar-refractivity contribution in [2.75, 3.05) is 0 Å². The molecule has 0 unspecified atom stereocenters. The van der Waals surface area contributed by atoms with Crippen molar-refractivity contribution in [2.45, 2.75) is 26.1 Å². The summed E-state index contributed by atoms with van der Waals surface area (Å²) in [6.07, 6.45) is 0.0351. The highest BCUT2D eigenvalue weighted by atomic mass is 16.7. The number of amides is 2. The van der Waals surface area contributed by atoms with Crippen LogP contribution in [0.5, 0.6) is 11.5 Å². The summed E-state index contributed by atoms with van der Waals surface area (Å²) < 4.78 is 11.9. The number of benzene rings is 3. The Hall–Kier alpha value is -4.13. The quantitative estimate of drug-likeness (QED) is 0.500. The van der Waals surface area contributed by atoms with E-state index in [9.17, 15) is 14.4 Å². The third-order valence-corrected chi connectivity index (χ3v) is 4.84. The molecule has 1 saturated heterocycles. The molecule has 0 radical (unpaired) electrons. The predicted octanol–water partition coefficient (Wildman–Crippen LogP) is 4.07. The summed E-state index contributed by atoms with van der Waals surface area (Å²) in [6.45, 7) is 0.457. The number of rotatable bonds is 8. The number of nitrogens with zero attached hydrogens (tertiary/aromatic N) is 1. The van der Waals surface area contributed by atoms with Gasteiger partial charge in [0.2, 0.25) is 0 Å². The molecule has 0 spiro atoms. The first-order valence-electron chi connectivity index (χ1n) is 10.2. The Morgan fingerprint density at radius 1 is 0.719 bits per heavy atom. The van der Waals surface area contributed by atoms with E-state index in [1.165, 1.54) is 6.07 Å². The van der Waals surface area contributed by atoms with E-state index < -0.39 is 17.8 Å². The predicted molar refractivity (Wildman–Crippen MR) is 114 cm³/mol. The van der Waals surface area contributed by atoms with E-state index >= 15 is 0 Å². The highest BCUT2D eigenvalue weighted by Gasteiger charge is 2.34. The van der Waals surface area contributed by atoms with Gasteiger partial charge in [0.15, 0.2) is 11.5 Å². The highest BCUT2D eigenvalue weighted by molar-refractivity contribution is 6.03. The van der Waals surface area contributed by atoms with Gasteiger partial charge in [-0.05, 0) is 23.3 Å². The molecule has 0 N–H and O–H groups in total. The van der Waals surface area contributed by atoms with Gasteiger partial charge in [0, 0.05) is 12.8 Å². The van der Waals surface area contributed by atoms with Gasteiger partial charge in [-0.25, -0.2) is 4.79 Å². The zero-order valence-electron chi connectivity index (χ0n) is 17.2. The Morgan fingerprint density at radius 2 is 1.28 bits per heavy atom. The second-order valence-corrected chi connectivity index (χ2v) is 7.14. The lowest BCUT2D eigenvalue weighted by atomic mass is 10.1. The lowest BCUT2D eigenvalue weighted by Gasteiger charge is -2.18. The minimum absolute atomic E-state index is 0.0176. The van der Waals surface area contributed by atoms with E-state index in [0.717, 1.165) is 11.1 Å². The zero-order valence-corrected chi connectivity index (χ0v) is 17.2. The van der Waals surface area contributed by atoms with E-state index in [-0.39, 0.29) is 37.4 Å². The van der Waals surface area contributed by atoms with Crippen molar-refractivity contribution in [3.8, 4) is 11.5 Å². The van der Waals surface area contributed by atoms with Crippen molar-refractivity contribution in [1.29, 1.82) is 0 Å². The van der Waals surface area contributed by atoms with Gasteiger partial charge in [0.1, 0.15) is 18.8 Å². The maximum atomic E-state index is 12.8. The van der Waals surface area contributed by atoms with Gasteiger partial charge in [0.25, 0.3) is 11.8 Å². The van der Waals surface area contributed by atoms with Crippen molar-refractivity contribution >= 4 is 17.8 Å². The van der Waals surface area contributed by atoms with Crippen LogP contribution in [0.25, 0.3) is 0 Å². The van der Waals surface area contributed by atoms with Crippen molar-refractivity contribution < 1.29 is 28.7 Å². The normalized spacial score (nSPS) is 13.2. The zero-order chi connectivity index (χ0) is 22.3. The van der Waals surface area contributed by atoms with Gasteiger partial charge >= 0.3 is 5.97 Å². The molecule has 32 heavy (non-hydrogen) atoms. The van der Waals surface area contributed by atoms with Gasteiger partial charge in [-0.3, -0.25) is 9.59 Å². The molecule has 0 atom stereocenters. The third-order valence-electron chi connectivity index (χ3n) is 4.84. The number of hydroxylamine groups is 2. The Balaban J connectivity index is 1.59. The van der Waals surface area contributed by atoms with Crippen molar-refractivity contribution in [1.82, 2.24) is 5.06 Å². The number of ether oxygens (including phenoxy) is 2. The number of carbonyl (C=O) groups excluding carboxylic acids is 3. The van der Waals surface area contributed by atoms with Crippen LogP contribution in [0.4, 0.5) is 0 Å². The average molecular weight is 431 g/mol. The molecule has 162 valence electrons. The molecule has 4 rings (SSSR count). The first-order chi connectivity index (χ1) is 15.6. The average Bonchev–Trinajstić information content (AvgIpc) is 3.15. The highest BCUT2D eigenvalue weighted by Crippen LogP contribution is 2.34. The Morgan fingerprint density at radius 3 is 1.88 bits per heavy atom. The molecular formula is C25H21NO6. The van der Waals surface area contributed by atoms with Gasteiger partial charge < -0.3 is 14.3 Å². The van der Waals surface area contributed by atoms with Crippen LogP contribution >= 0.6 is 0 Å². The fourth-order valence-corrected chi connectivity index (χ4v) is 3.19. The minimum atomic E-state index is -0.873. The molecule has 1 fully saturated rings. The number of hydrogen-bond donors (Lipinski definition) is 0. The Labute approximate surface area is 185 Å². The second-order valence-electron chi connectivity index (χ2n) is 7.14. The lowest BCUT2D eigenvalue weighted by molar-refractivity contribution is -0.172. The maximum Gasteiger partial charge on any atom is 0.367 e. The molecule has 2 amide bonds. The van der Waals surface area contributed by atoms with Gasteiger partial charge in [-0.1, -0.05) is 66.7 Å². The smallest absolute Gasteiger partial charge is 0.367 e. The number of imide groups is 1. The van der Waals surface area contributed by atoms with Crippen LogP contribution < -0.4 is 9.47 Å². The summed E-state index contributed by atoms with van der Waals surface area (Å²) in [5.74, 6) is -1.45. The van der Waals surface area contributed by atoms with E-state index in [2.05, 4.69) is 0 Å². The Kier molecular flexibility index (Phi) is 6.46. The summed E-state index contributed by atoms with van der Waals surface area (Å²) >= 11 is 0. The monoisotopic (exact) mass is 431 g/mol. The van der Waals surface area contributed by atoms with Crippen LogP contribution in [-0.4, -0.2) is 22.8 Å². The van der Waals surface area contributed by atoms with Crippen LogP contribution in [0.3, 0.4) is 0 Å². The van der Waals surface area contributed by atoms with Crippen LogP contribution in [0.2, 0.25) is 0 Å². The molecule has 7 heteroatoms. The number of para-hydroxylation sites is 1.